The zero-order valence-electron chi connectivity index (χ0n) is 11.5. The summed E-state index contributed by atoms with van der Waals surface area (Å²) >= 11 is 0. The van der Waals surface area contributed by atoms with Crippen molar-refractivity contribution in [1.29, 1.82) is 0 Å². The van der Waals surface area contributed by atoms with Crippen LogP contribution in [0.5, 0.6) is 0 Å². The molecule has 1 aromatic heterocycles. The Balaban J connectivity index is 1.83. The number of hydrogen-bond acceptors (Lipinski definition) is 5. The number of hydrogen-bond donors (Lipinski definition) is 2. The number of allylic oxidation sites excluding steroid dienone is 2. The molecule has 0 bridgehead atoms. The van der Waals surface area contributed by atoms with Crippen LogP contribution in [0.3, 0.4) is 0 Å². The highest BCUT2D eigenvalue weighted by molar-refractivity contribution is 6.04. The molecule has 0 spiro atoms. The van der Waals surface area contributed by atoms with Crippen molar-refractivity contribution in [2.75, 3.05) is 6.54 Å². The van der Waals surface area contributed by atoms with Gasteiger partial charge in [-0.05, 0) is 30.4 Å². The van der Waals surface area contributed by atoms with Crippen molar-refractivity contribution in [2.45, 2.75) is 0 Å². The van der Waals surface area contributed by atoms with Crippen LogP contribution in [0, 0.1) is 0 Å². The zero-order valence-corrected chi connectivity index (χ0v) is 11.5. The molecule has 0 saturated heterocycles. The third kappa shape index (κ3) is 1.91. The molecule has 0 radical (unpaired) electrons. The highest BCUT2D eigenvalue weighted by Gasteiger charge is 2.17. The van der Waals surface area contributed by atoms with E-state index < -0.39 is 5.91 Å². The molecule has 3 N–H and O–H groups in total. The van der Waals surface area contributed by atoms with Crippen molar-refractivity contribution in [2.24, 2.45) is 15.8 Å². The van der Waals surface area contributed by atoms with Gasteiger partial charge in [0.05, 0.1) is 12.1 Å². The number of nitrogens with zero attached hydrogens (tertiary/aromatic N) is 4. The normalized spacial score (nSPS) is 16.5. The third-order valence-corrected chi connectivity index (χ3v) is 3.57. The van der Waals surface area contributed by atoms with Gasteiger partial charge in [0.15, 0.2) is 0 Å². The first kappa shape index (κ1) is 12.5. The number of nitrogens with one attached hydrogen (secondary N) is 1. The van der Waals surface area contributed by atoms with Crippen LogP contribution in [-0.2, 0) is 0 Å². The van der Waals surface area contributed by atoms with Crippen LogP contribution >= 0.6 is 0 Å². The van der Waals surface area contributed by atoms with Gasteiger partial charge in [-0.25, -0.2) is 5.01 Å². The summed E-state index contributed by atoms with van der Waals surface area (Å²) in [6, 6.07) is 5.22. The second-order valence-electron chi connectivity index (χ2n) is 4.96. The zero-order chi connectivity index (χ0) is 15.1. The Hall–Kier alpha value is -3.22. The van der Waals surface area contributed by atoms with Crippen molar-refractivity contribution < 1.29 is 4.79 Å². The van der Waals surface area contributed by atoms with Gasteiger partial charge in [-0.3, -0.25) is 14.9 Å². The standard InChI is InChI=1S/C15H12N6O/c16-15(22)9-1-3-12-11(7-9)14(20-19-12)10-2-4-13-17-5-6-18-21(13)8-10/h1-4,6-8H,5H2,(H2,16,22)(H,19,20). The number of aromatic amines is 1. The Labute approximate surface area is 125 Å². The molecule has 3 heterocycles. The summed E-state index contributed by atoms with van der Waals surface area (Å²) in [5, 5.41) is 14.1. The lowest BCUT2D eigenvalue weighted by molar-refractivity contribution is 0.100. The van der Waals surface area contributed by atoms with Crippen molar-refractivity contribution in [3.63, 3.8) is 0 Å². The van der Waals surface area contributed by atoms with Crippen LogP contribution < -0.4 is 5.73 Å². The van der Waals surface area contributed by atoms with Gasteiger partial charge in [-0.15, -0.1) is 0 Å². The number of amidine groups is 1. The lowest BCUT2D eigenvalue weighted by atomic mass is 10.0. The molecule has 108 valence electrons. The van der Waals surface area contributed by atoms with Crippen molar-refractivity contribution in [3.8, 4) is 0 Å². The minimum absolute atomic E-state index is 0.453. The molecule has 0 atom stereocenters. The number of benzene rings is 1. The quantitative estimate of drug-likeness (QED) is 0.871. The van der Waals surface area contributed by atoms with Gasteiger partial charge in [0.2, 0.25) is 5.91 Å². The first-order valence-corrected chi connectivity index (χ1v) is 6.77. The van der Waals surface area contributed by atoms with Crippen molar-refractivity contribution in [3.05, 3.63) is 47.8 Å². The monoisotopic (exact) mass is 292 g/mol. The smallest absolute Gasteiger partial charge is 0.248 e. The Morgan fingerprint density at radius 1 is 1.32 bits per heavy atom. The molecular weight excluding hydrogens is 280 g/mol. The second-order valence-corrected chi connectivity index (χ2v) is 4.96. The molecule has 0 fully saturated rings. The molecule has 7 nitrogen and oxygen atoms in total. The fraction of sp³-hybridized carbons (Fsp3) is 0.0667. The maximum Gasteiger partial charge on any atom is 0.248 e. The van der Waals surface area contributed by atoms with E-state index in [-0.39, 0.29) is 0 Å². The van der Waals surface area contributed by atoms with E-state index in [1.807, 2.05) is 18.4 Å². The Bertz CT molecular complexity index is 902. The van der Waals surface area contributed by atoms with E-state index in [0.717, 1.165) is 28.0 Å². The van der Waals surface area contributed by atoms with Crippen LogP contribution in [-0.4, -0.2) is 39.7 Å². The molecular formula is C15H12N6O. The van der Waals surface area contributed by atoms with E-state index in [9.17, 15) is 4.79 Å². The van der Waals surface area contributed by atoms with Gasteiger partial charge in [0, 0.05) is 28.9 Å². The Kier molecular flexibility index (Phi) is 2.65. The number of H-pyrrole nitrogens is 1. The van der Waals surface area contributed by atoms with Gasteiger partial charge in [-0.1, -0.05) is 0 Å². The SMILES string of the molecule is NC(=O)c1ccc2[nH]nc(C3=CN4N=CCN=C4C=C3)c2c1. The fourth-order valence-corrected chi connectivity index (χ4v) is 2.49. The summed E-state index contributed by atoms with van der Waals surface area (Å²) in [6.07, 6.45) is 7.43. The Morgan fingerprint density at radius 2 is 2.23 bits per heavy atom. The minimum Gasteiger partial charge on any atom is -0.366 e. The Morgan fingerprint density at radius 3 is 3.09 bits per heavy atom. The van der Waals surface area contributed by atoms with Crippen LogP contribution in [0.1, 0.15) is 16.1 Å². The van der Waals surface area contributed by atoms with E-state index in [2.05, 4.69) is 20.3 Å². The van der Waals surface area contributed by atoms with E-state index in [1.54, 1.807) is 29.4 Å². The van der Waals surface area contributed by atoms with Crippen molar-refractivity contribution >= 4 is 34.4 Å². The lowest BCUT2D eigenvalue weighted by Crippen LogP contribution is -2.25. The molecule has 0 aliphatic carbocycles. The molecule has 2 aliphatic heterocycles. The van der Waals surface area contributed by atoms with Crippen LogP contribution in [0.15, 0.2) is 46.6 Å². The number of amides is 1. The summed E-state index contributed by atoms with van der Waals surface area (Å²) in [6.45, 7) is 0.590. The average Bonchev–Trinajstić information content (AvgIpc) is 2.97. The highest BCUT2D eigenvalue weighted by Crippen LogP contribution is 2.27. The summed E-state index contributed by atoms with van der Waals surface area (Å²) in [7, 11) is 0. The maximum absolute atomic E-state index is 11.4. The van der Waals surface area contributed by atoms with Gasteiger partial charge in [-0.2, -0.15) is 10.2 Å². The van der Waals surface area contributed by atoms with Crippen molar-refractivity contribution in [1.82, 2.24) is 15.2 Å². The fourth-order valence-electron chi connectivity index (χ4n) is 2.49. The summed E-state index contributed by atoms with van der Waals surface area (Å²) in [4.78, 5) is 15.7. The number of nitrogens with two attached hydrogens (primary N) is 1. The summed E-state index contributed by atoms with van der Waals surface area (Å²) in [5.41, 5.74) is 8.27. The van der Waals surface area contributed by atoms with E-state index in [4.69, 9.17) is 5.73 Å². The summed E-state index contributed by atoms with van der Waals surface area (Å²) < 4.78 is 0. The highest BCUT2D eigenvalue weighted by atomic mass is 16.1. The molecule has 1 aromatic carbocycles. The molecule has 4 rings (SSSR count). The number of fused-ring (bicyclic) bond motifs is 2. The number of aromatic nitrogens is 2. The number of carbonyl (C=O) groups excluding carboxylic acids is 1. The number of carbonyl (C=O) groups is 1. The number of hydrazone groups is 1. The summed E-state index contributed by atoms with van der Waals surface area (Å²) in [5.74, 6) is 0.334. The average molecular weight is 292 g/mol. The second kappa shape index (κ2) is 4.66. The molecule has 7 heteroatoms. The number of aliphatic imine (C=N–C) groups is 1. The minimum atomic E-state index is -0.461. The largest absolute Gasteiger partial charge is 0.366 e. The molecule has 22 heavy (non-hydrogen) atoms. The van der Waals surface area contributed by atoms with Gasteiger partial charge in [0.25, 0.3) is 0 Å². The predicted octanol–water partition coefficient (Wildman–Crippen LogP) is 1.27. The molecule has 2 aromatic rings. The first-order chi connectivity index (χ1) is 10.7. The molecule has 1 amide bonds. The topological polar surface area (TPSA) is 99.7 Å². The van der Waals surface area contributed by atoms with Crippen LogP contribution in [0.25, 0.3) is 16.5 Å². The van der Waals surface area contributed by atoms with Gasteiger partial charge in [0.1, 0.15) is 11.5 Å². The number of primary amides is 1. The molecule has 0 saturated carbocycles. The maximum atomic E-state index is 11.4. The molecule has 0 unspecified atom stereocenters. The van der Waals surface area contributed by atoms with E-state index in [1.165, 1.54) is 0 Å². The number of rotatable bonds is 2. The van der Waals surface area contributed by atoms with Crippen LogP contribution in [0.2, 0.25) is 0 Å². The van der Waals surface area contributed by atoms with E-state index >= 15 is 0 Å². The first-order valence-electron chi connectivity index (χ1n) is 6.77. The third-order valence-electron chi connectivity index (χ3n) is 3.57. The van der Waals surface area contributed by atoms with Gasteiger partial charge >= 0.3 is 0 Å². The van der Waals surface area contributed by atoms with Gasteiger partial charge < -0.3 is 5.73 Å². The predicted molar refractivity (Wildman–Crippen MR) is 84.4 cm³/mol. The molecule has 2 aliphatic rings. The lowest BCUT2D eigenvalue weighted by Gasteiger charge is -2.21. The van der Waals surface area contributed by atoms with E-state index in [0.29, 0.717) is 12.1 Å². The van der Waals surface area contributed by atoms with Crippen LogP contribution in [0.4, 0.5) is 0 Å².